The van der Waals surface area contributed by atoms with Crippen LogP contribution in [0.2, 0.25) is 0 Å². The molecule has 3 rings (SSSR count). The SMILES string of the molecule is c1ccc(CCOC2CCCCC2N2CCCC2)cc1. The maximum atomic E-state index is 6.27. The van der Waals surface area contributed by atoms with E-state index in [2.05, 4.69) is 35.2 Å². The minimum absolute atomic E-state index is 0.477. The third kappa shape index (κ3) is 3.62. The Kier molecular flexibility index (Phi) is 5.10. The van der Waals surface area contributed by atoms with Crippen LogP contribution in [0.4, 0.5) is 0 Å². The van der Waals surface area contributed by atoms with Crippen molar-refractivity contribution in [3.05, 3.63) is 35.9 Å². The Hall–Kier alpha value is -0.860. The molecule has 1 saturated carbocycles. The third-order valence-corrected chi connectivity index (χ3v) is 4.84. The molecule has 1 aromatic carbocycles. The van der Waals surface area contributed by atoms with Gasteiger partial charge in [-0.15, -0.1) is 0 Å². The lowest BCUT2D eigenvalue weighted by Crippen LogP contribution is -2.45. The van der Waals surface area contributed by atoms with E-state index in [9.17, 15) is 0 Å². The van der Waals surface area contributed by atoms with Crippen molar-refractivity contribution in [2.24, 2.45) is 0 Å². The molecular weight excluding hydrogens is 246 g/mol. The van der Waals surface area contributed by atoms with Crippen molar-refractivity contribution < 1.29 is 4.74 Å². The molecular formula is C18H27NO. The van der Waals surface area contributed by atoms with E-state index in [1.165, 1.54) is 57.2 Å². The Balaban J connectivity index is 1.49. The summed E-state index contributed by atoms with van der Waals surface area (Å²) in [4.78, 5) is 2.69. The van der Waals surface area contributed by atoms with E-state index in [0.717, 1.165) is 13.0 Å². The van der Waals surface area contributed by atoms with Crippen LogP contribution in [0.25, 0.3) is 0 Å². The van der Waals surface area contributed by atoms with Gasteiger partial charge in [-0.25, -0.2) is 0 Å². The van der Waals surface area contributed by atoms with Crippen molar-refractivity contribution in [1.29, 1.82) is 0 Å². The molecule has 0 amide bonds. The standard InChI is InChI=1S/C18H27NO/c1-2-8-16(9-3-1)12-15-20-18-11-5-4-10-17(18)19-13-6-7-14-19/h1-3,8-9,17-18H,4-7,10-15H2. The molecule has 2 aliphatic rings. The summed E-state index contributed by atoms with van der Waals surface area (Å²) in [6.07, 6.45) is 9.63. The lowest BCUT2D eigenvalue weighted by molar-refractivity contribution is -0.0290. The van der Waals surface area contributed by atoms with Gasteiger partial charge in [-0.05, 0) is 50.8 Å². The minimum Gasteiger partial charge on any atom is -0.376 e. The molecule has 2 nitrogen and oxygen atoms in total. The lowest BCUT2D eigenvalue weighted by atomic mass is 9.91. The predicted octanol–water partition coefficient (Wildman–Crippen LogP) is 3.65. The zero-order chi connectivity index (χ0) is 13.6. The Bertz CT molecular complexity index is 386. The highest BCUT2D eigenvalue weighted by atomic mass is 16.5. The van der Waals surface area contributed by atoms with Gasteiger partial charge < -0.3 is 4.74 Å². The summed E-state index contributed by atoms with van der Waals surface area (Å²) in [5.41, 5.74) is 1.39. The maximum Gasteiger partial charge on any atom is 0.0730 e. The fraction of sp³-hybridized carbons (Fsp3) is 0.667. The number of nitrogens with zero attached hydrogens (tertiary/aromatic N) is 1. The van der Waals surface area contributed by atoms with Crippen LogP contribution in [0.5, 0.6) is 0 Å². The van der Waals surface area contributed by atoms with Crippen molar-refractivity contribution in [2.45, 2.75) is 57.1 Å². The number of likely N-dealkylation sites (tertiary alicyclic amines) is 1. The first-order valence-corrected chi connectivity index (χ1v) is 8.33. The van der Waals surface area contributed by atoms with Crippen molar-refractivity contribution >= 4 is 0 Å². The van der Waals surface area contributed by atoms with E-state index in [1.54, 1.807) is 0 Å². The number of hydrogen-bond donors (Lipinski definition) is 0. The number of ether oxygens (including phenoxy) is 1. The molecule has 1 aliphatic carbocycles. The molecule has 110 valence electrons. The van der Waals surface area contributed by atoms with Crippen LogP contribution in [-0.4, -0.2) is 36.7 Å². The van der Waals surface area contributed by atoms with Gasteiger partial charge in [0.25, 0.3) is 0 Å². The zero-order valence-electron chi connectivity index (χ0n) is 12.5. The molecule has 2 heteroatoms. The first kappa shape index (κ1) is 14.1. The van der Waals surface area contributed by atoms with Crippen molar-refractivity contribution in [1.82, 2.24) is 4.90 Å². The van der Waals surface area contributed by atoms with Crippen molar-refractivity contribution in [3.63, 3.8) is 0 Å². The summed E-state index contributed by atoms with van der Waals surface area (Å²) < 4.78 is 6.27. The van der Waals surface area contributed by atoms with Gasteiger partial charge in [0.15, 0.2) is 0 Å². The Morgan fingerprint density at radius 1 is 0.950 bits per heavy atom. The second kappa shape index (κ2) is 7.24. The molecule has 20 heavy (non-hydrogen) atoms. The van der Waals surface area contributed by atoms with Crippen LogP contribution in [-0.2, 0) is 11.2 Å². The van der Waals surface area contributed by atoms with Crippen molar-refractivity contribution in [2.75, 3.05) is 19.7 Å². The molecule has 1 heterocycles. The van der Waals surface area contributed by atoms with E-state index >= 15 is 0 Å². The second-order valence-electron chi connectivity index (χ2n) is 6.24. The van der Waals surface area contributed by atoms with Gasteiger partial charge in [0.05, 0.1) is 12.7 Å². The Morgan fingerprint density at radius 2 is 1.70 bits per heavy atom. The molecule has 1 aromatic rings. The number of benzene rings is 1. The van der Waals surface area contributed by atoms with Gasteiger partial charge in [0.1, 0.15) is 0 Å². The molecule has 0 N–H and O–H groups in total. The highest BCUT2D eigenvalue weighted by molar-refractivity contribution is 5.14. The summed E-state index contributed by atoms with van der Waals surface area (Å²) in [5.74, 6) is 0. The third-order valence-electron chi connectivity index (χ3n) is 4.84. The zero-order valence-corrected chi connectivity index (χ0v) is 12.5. The molecule has 2 fully saturated rings. The Morgan fingerprint density at radius 3 is 2.50 bits per heavy atom. The van der Waals surface area contributed by atoms with Gasteiger partial charge in [0.2, 0.25) is 0 Å². The van der Waals surface area contributed by atoms with Crippen LogP contribution in [0.1, 0.15) is 44.1 Å². The summed E-state index contributed by atoms with van der Waals surface area (Å²) in [5, 5.41) is 0. The van der Waals surface area contributed by atoms with E-state index in [1.807, 2.05) is 0 Å². The largest absolute Gasteiger partial charge is 0.376 e. The van der Waals surface area contributed by atoms with Crippen molar-refractivity contribution in [3.8, 4) is 0 Å². The number of hydrogen-bond acceptors (Lipinski definition) is 2. The normalized spacial score (nSPS) is 27.8. The summed E-state index contributed by atoms with van der Waals surface area (Å²) in [7, 11) is 0. The fourth-order valence-corrected chi connectivity index (χ4v) is 3.74. The van der Waals surface area contributed by atoms with E-state index < -0.39 is 0 Å². The van der Waals surface area contributed by atoms with E-state index in [-0.39, 0.29) is 0 Å². The van der Waals surface area contributed by atoms with Gasteiger partial charge in [-0.2, -0.15) is 0 Å². The number of rotatable bonds is 5. The van der Waals surface area contributed by atoms with Gasteiger partial charge in [-0.3, -0.25) is 4.90 Å². The molecule has 1 saturated heterocycles. The molecule has 0 spiro atoms. The summed E-state index contributed by atoms with van der Waals surface area (Å²) in [6, 6.07) is 11.4. The smallest absolute Gasteiger partial charge is 0.0730 e. The first-order chi connectivity index (χ1) is 9.93. The van der Waals surface area contributed by atoms with Crippen LogP contribution < -0.4 is 0 Å². The second-order valence-corrected chi connectivity index (χ2v) is 6.24. The fourth-order valence-electron chi connectivity index (χ4n) is 3.74. The van der Waals surface area contributed by atoms with Gasteiger partial charge >= 0.3 is 0 Å². The highest BCUT2D eigenvalue weighted by Crippen LogP contribution is 2.28. The summed E-state index contributed by atoms with van der Waals surface area (Å²) in [6.45, 7) is 3.46. The minimum atomic E-state index is 0.477. The first-order valence-electron chi connectivity index (χ1n) is 8.33. The molecule has 1 aliphatic heterocycles. The van der Waals surface area contributed by atoms with Crippen LogP contribution in [0.15, 0.2) is 30.3 Å². The molecule has 2 unspecified atom stereocenters. The molecule has 0 aromatic heterocycles. The van der Waals surface area contributed by atoms with Gasteiger partial charge in [-0.1, -0.05) is 43.2 Å². The van der Waals surface area contributed by atoms with E-state index in [4.69, 9.17) is 4.74 Å². The van der Waals surface area contributed by atoms with E-state index in [0.29, 0.717) is 12.1 Å². The van der Waals surface area contributed by atoms with Crippen LogP contribution in [0.3, 0.4) is 0 Å². The quantitative estimate of drug-likeness (QED) is 0.812. The lowest BCUT2D eigenvalue weighted by Gasteiger charge is -2.37. The average Bonchev–Trinajstić information content (AvgIpc) is 3.03. The monoisotopic (exact) mass is 273 g/mol. The van der Waals surface area contributed by atoms with Crippen LogP contribution >= 0.6 is 0 Å². The average molecular weight is 273 g/mol. The Labute approximate surface area is 123 Å². The highest BCUT2D eigenvalue weighted by Gasteiger charge is 2.31. The molecule has 0 bridgehead atoms. The topological polar surface area (TPSA) is 12.5 Å². The maximum absolute atomic E-state index is 6.27. The molecule has 2 atom stereocenters. The molecule has 0 radical (unpaired) electrons. The summed E-state index contributed by atoms with van der Waals surface area (Å²) >= 11 is 0. The van der Waals surface area contributed by atoms with Gasteiger partial charge in [0, 0.05) is 6.04 Å². The van der Waals surface area contributed by atoms with Crippen LogP contribution in [0, 0.1) is 0 Å². The predicted molar refractivity (Wildman–Crippen MR) is 82.9 cm³/mol.